The molecular weight excluding hydrogens is 247 g/mol. The molecule has 1 aliphatic rings. The van der Waals surface area contributed by atoms with Gasteiger partial charge in [0.05, 0.1) is 5.02 Å². The summed E-state index contributed by atoms with van der Waals surface area (Å²) >= 11 is 5.64. The molecule has 4 nitrogen and oxygen atoms in total. The number of benzene rings is 1. The maximum Gasteiger partial charge on any atom is 0.240 e. The van der Waals surface area contributed by atoms with Crippen LogP contribution in [0, 0.1) is 5.82 Å². The van der Waals surface area contributed by atoms with Crippen molar-refractivity contribution in [2.45, 2.75) is 18.9 Å². The van der Waals surface area contributed by atoms with Gasteiger partial charge in [0.2, 0.25) is 11.8 Å². The van der Waals surface area contributed by atoms with Crippen molar-refractivity contribution < 1.29 is 14.0 Å². The first-order valence-electron chi connectivity index (χ1n) is 5.07. The molecule has 1 unspecified atom stereocenters. The lowest BCUT2D eigenvalue weighted by Gasteiger charge is -2.22. The average molecular weight is 257 g/mol. The Morgan fingerprint density at radius 2 is 2.24 bits per heavy atom. The molecule has 1 saturated heterocycles. The van der Waals surface area contributed by atoms with E-state index >= 15 is 0 Å². The monoisotopic (exact) mass is 256 g/mol. The standard InChI is InChI=1S/C11H10ClFN2O2/c12-7-5-6(1-2-8(7)13)15-9(11(14)17)3-4-10(15)16/h1-2,5,9H,3-4H2,(H2,14,17). The maximum absolute atomic E-state index is 13.0. The van der Waals surface area contributed by atoms with E-state index in [2.05, 4.69) is 0 Å². The molecule has 2 rings (SSSR count). The van der Waals surface area contributed by atoms with Crippen LogP contribution in [0.15, 0.2) is 18.2 Å². The molecule has 1 fully saturated rings. The molecule has 1 aromatic carbocycles. The topological polar surface area (TPSA) is 63.4 Å². The first-order chi connectivity index (χ1) is 8.00. The van der Waals surface area contributed by atoms with Crippen molar-refractivity contribution >= 4 is 29.1 Å². The first kappa shape index (κ1) is 11.9. The molecule has 0 aliphatic carbocycles. The van der Waals surface area contributed by atoms with Crippen molar-refractivity contribution in [2.24, 2.45) is 5.73 Å². The second-order valence-corrected chi connectivity index (χ2v) is 4.23. The van der Waals surface area contributed by atoms with Gasteiger partial charge in [-0.3, -0.25) is 14.5 Å². The maximum atomic E-state index is 13.0. The summed E-state index contributed by atoms with van der Waals surface area (Å²) in [5.41, 5.74) is 5.61. The summed E-state index contributed by atoms with van der Waals surface area (Å²) in [5, 5.41) is -0.0922. The van der Waals surface area contributed by atoms with Crippen LogP contribution in [0.5, 0.6) is 0 Å². The van der Waals surface area contributed by atoms with Crippen molar-refractivity contribution in [1.29, 1.82) is 0 Å². The van der Waals surface area contributed by atoms with Gasteiger partial charge in [-0.1, -0.05) is 11.6 Å². The second kappa shape index (κ2) is 4.33. The minimum Gasteiger partial charge on any atom is -0.368 e. The van der Waals surface area contributed by atoms with Crippen LogP contribution in [-0.4, -0.2) is 17.9 Å². The Labute approximate surface area is 102 Å². The number of nitrogens with two attached hydrogens (primary N) is 1. The smallest absolute Gasteiger partial charge is 0.240 e. The van der Waals surface area contributed by atoms with E-state index in [4.69, 9.17) is 17.3 Å². The van der Waals surface area contributed by atoms with Gasteiger partial charge in [-0.2, -0.15) is 0 Å². The molecular formula is C11H10ClFN2O2. The molecule has 2 N–H and O–H groups in total. The fraction of sp³-hybridized carbons (Fsp3) is 0.273. The van der Waals surface area contributed by atoms with Gasteiger partial charge in [0.15, 0.2) is 0 Å². The van der Waals surface area contributed by atoms with Crippen LogP contribution in [0.3, 0.4) is 0 Å². The van der Waals surface area contributed by atoms with Crippen LogP contribution in [0.4, 0.5) is 10.1 Å². The van der Waals surface area contributed by atoms with Crippen molar-refractivity contribution in [3.05, 3.63) is 29.0 Å². The molecule has 0 saturated carbocycles. The lowest BCUT2D eigenvalue weighted by molar-refractivity contribution is -0.121. The van der Waals surface area contributed by atoms with Gasteiger partial charge < -0.3 is 5.73 Å². The molecule has 0 bridgehead atoms. The third-order valence-electron chi connectivity index (χ3n) is 2.72. The highest BCUT2D eigenvalue weighted by Crippen LogP contribution is 2.29. The Morgan fingerprint density at radius 1 is 1.53 bits per heavy atom. The number of hydrogen-bond donors (Lipinski definition) is 1. The molecule has 1 aliphatic heterocycles. The summed E-state index contributed by atoms with van der Waals surface area (Å²) in [6.07, 6.45) is 0.631. The minimum absolute atomic E-state index is 0.0922. The quantitative estimate of drug-likeness (QED) is 0.871. The van der Waals surface area contributed by atoms with E-state index in [1.54, 1.807) is 0 Å². The summed E-state index contributed by atoms with van der Waals surface area (Å²) in [6.45, 7) is 0. The van der Waals surface area contributed by atoms with E-state index in [1.807, 2.05) is 0 Å². The zero-order chi connectivity index (χ0) is 12.6. The Bertz CT molecular complexity index is 492. The molecule has 1 atom stereocenters. The number of anilines is 1. The molecule has 17 heavy (non-hydrogen) atoms. The average Bonchev–Trinajstić information content (AvgIpc) is 2.64. The fourth-order valence-corrected chi connectivity index (χ4v) is 2.09. The van der Waals surface area contributed by atoms with Crippen molar-refractivity contribution in [1.82, 2.24) is 0 Å². The molecule has 1 heterocycles. The van der Waals surface area contributed by atoms with Crippen molar-refractivity contribution in [2.75, 3.05) is 4.90 Å². The third kappa shape index (κ3) is 2.10. The number of nitrogens with zero attached hydrogens (tertiary/aromatic N) is 1. The Morgan fingerprint density at radius 3 is 2.82 bits per heavy atom. The number of primary amides is 1. The first-order valence-corrected chi connectivity index (χ1v) is 5.45. The van der Waals surface area contributed by atoms with Crippen molar-refractivity contribution in [3.63, 3.8) is 0 Å². The van der Waals surface area contributed by atoms with Crippen LogP contribution in [0.1, 0.15) is 12.8 Å². The predicted molar refractivity (Wildman–Crippen MR) is 61.1 cm³/mol. The lowest BCUT2D eigenvalue weighted by atomic mass is 10.2. The molecule has 0 aromatic heterocycles. The SMILES string of the molecule is NC(=O)C1CCC(=O)N1c1ccc(F)c(Cl)c1. The highest BCUT2D eigenvalue weighted by molar-refractivity contribution is 6.31. The van der Waals surface area contributed by atoms with Crippen LogP contribution in [0.25, 0.3) is 0 Å². The van der Waals surface area contributed by atoms with Gasteiger partial charge in [-0.25, -0.2) is 4.39 Å². The van der Waals surface area contributed by atoms with Crippen molar-refractivity contribution in [3.8, 4) is 0 Å². The molecule has 90 valence electrons. The highest BCUT2D eigenvalue weighted by atomic mass is 35.5. The molecule has 6 heteroatoms. The van der Waals surface area contributed by atoms with E-state index in [0.717, 1.165) is 6.07 Å². The highest BCUT2D eigenvalue weighted by Gasteiger charge is 2.35. The summed E-state index contributed by atoms with van der Waals surface area (Å²) in [7, 11) is 0. The van der Waals surface area contributed by atoms with Gasteiger partial charge in [-0.05, 0) is 24.6 Å². The number of rotatable bonds is 2. The zero-order valence-corrected chi connectivity index (χ0v) is 9.58. The van der Waals surface area contributed by atoms with Crippen LogP contribution < -0.4 is 10.6 Å². The summed E-state index contributed by atoms with van der Waals surface area (Å²) in [5.74, 6) is -1.36. The van der Waals surface area contributed by atoms with Gasteiger partial charge in [-0.15, -0.1) is 0 Å². The Kier molecular flexibility index (Phi) is 3.02. The third-order valence-corrected chi connectivity index (χ3v) is 3.01. The van der Waals surface area contributed by atoms with Gasteiger partial charge >= 0.3 is 0 Å². The number of carbonyl (C=O) groups excluding carboxylic acids is 2. The second-order valence-electron chi connectivity index (χ2n) is 3.82. The van der Waals surface area contributed by atoms with Crippen LogP contribution >= 0.6 is 11.6 Å². The van der Waals surface area contributed by atoms with E-state index in [-0.39, 0.29) is 17.4 Å². The van der Waals surface area contributed by atoms with Crippen LogP contribution in [0.2, 0.25) is 5.02 Å². The van der Waals surface area contributed by atoms with Crippen LogP contribution in [-0.2, 0) is 9.59 Å². The molecule has 0 spiro atoms. The van der Waals surface area contributed by atoms with Gasteiger partial charge in [0, 0.05) is 12.1 Å². The molecule has 0 radical (unpaired) electrons. The van der Waals surface area contributed by atoms with E-state index in [1.165, 1.54) is 17.0 Å². The summed E-state index contributed by atoms with van der Waals surface area (Å²) in [6, 6.07) is 3.20. The Balaban J connectivity index is 2.39. The minimum atomic E-state index is -0.677. The number of hydrogen-bond acceptors (Lipinski definition) is 2. The van der Waals surface area contributed by atoms with E-state index in [9.17, 15) is 14.0 Å². The number of carbonyl (C=O) groups is 2. The number of amides is 2. The summed E-state index contributed by atoms with van der Waals surface area (Å²) < 4.78 is 13.0. The Hall–Kier alpha value is -1.62. The molecule has 2 amide bonds. The zero-order valence-electron chi connectivity index (χ0n) is 8.82. The van der Waals surface area contributed by atoms with E-state index < -0.39 is 17.8 Å². The van der Waals surface area contributed by atoms with Gasteiger partial charge in [0.25, 0.3) is 0 Å². The molecule has 1 aromatic rings. The number of halogens is 2. The van der Waals surface area contributed by atoms with E-state index in [0.29, 0.717) is 12.1 Å². The lowest BCUT2D eigenvalue weighted by Crippen LogP contribution is -2.42. The van der Waals surface area contributed by atoms with Gasteiger partial charge in [0.1, 0.15) is 11.9 Å². The predicted octanol–water partition coefficient (Wildman–Crippen LogP) is 1.46. The fourth-order valence-electron chi connectivity index (χ4n) is 1.91. The summed E-state index contributed by atoms with van der Waals surface area (Å²) in [4.78, 5) is 24.1. The normalized spacial score (nSPS) is 19.8. The largest absolute Gasteiger partial charge is 0.368 e.